The molecular weight excluding hydrogens is 698 g/mol. The number of hydrogen-bond donors (Lipinski definition) is 2. The smallest absolute Gasteiger partial charge is 0.410 e. The number of aldehydes is 1. The van der Waals surface area contributed by atoms with Crippen molar-refractivity contribution in [3.05, 3.63) is 0 Å². The normalized spacial score (nSPS) is 16.6. The number of likely N-dealkylation sites (N-methyl/N-ethyl adjacent to an activating group) is 3. The van der Waals surface area contributed by atoms with E-state index in [0.29, 0.717) is 12.8 Å². The highest BCUT2D eigenvalue weighted by Crippen LogP contribution is 2.10. The van der Waals surface area contributed by atoms with Gasteiger partial charge in [-0.15, -0.1) is 0 Å². The molecule has 3 rings (SSSR count). The molecule has 3 saturated heterocycles. The Morgan fingerprint density at radius 1 is 0.630 bits per heavy atom. The maximum absolute atomic E-state index is 11.8. The topological polar surface area (TPSA) is 168 Å². The van der Waals surface area contributed by atoms with Crippen molar-refractivity contribution in [1.82, 2.24) is 44.9 Å². The Hall–Kier alpha value is -3.54. The molecule has 2 N–H and O–H groups in total. The van der Waals surface area contributed by atoms with Gasteiger partial charge in [-0.3, -0.25) is 24.2 Å². The minimum Gasteiger partial charge on any atom is -0.444 e. The Morgan fingerprint density at radius 3 is 1.33 bits per heavy atom. The van der Waals surface area contributed by atoms with E-state index in [-0.39, 0.29) is 30.4 Å². The Bertz CT molecular complexity index is 1120. The van der Waals surface area contributed by atoms with Gasteiger partial charge in [0.05, 0.1) is 6.54 Å². The molecule has 0 aromatic heterocycles. The van der Waals surface area contributed by atoms with Crippen molar-refractivity contribution in [3.8, 4) is 0 Å². The second-order valence-electron chi connectivity index (χ2n) is 15.5. The second kappa shape index (κ2) is 26.3. The van der Waals surface area contributed by atoms with Gasteiger partial charge in [0.25, 0.3) is 0 Å². The summed E-state index contributed by atoms with van der Waals surface area (Å²) in [7, 11) is 5.23. The lowest BCUT2D eigenvalue weighted by Crippen LogP contribution is -2.50. The molecule has 0 aliphatic carbocycles. The molecule has 0 atom stereocenters. The van der Waals surface area contributed by atoms with Crippen molar-refractivity contribution in [3.63, 3.8) is 0 Å². The molecule has 0 bridgehead atoms. The fraction of sp³-hybridized carbons (Fsp3) is 0.838. The first-order valence-electron chi connectivity index (χ1n) is 19.0. The van der Waals surface area contributed by atoms with Crippen LogP contribution in [0, 0.1) is 0 Å². The zero-order valence-corrected chi connectivity index (χ0v) is 35.5. The van der Waals surface area contributed by atoms with Crippen LogP contribution in [-0.4, -0.2) is 214 Å². The van der Waals surface area contributed by atoms with Crippen LogP contribution >= 0.6 is 0 Å². The first-order valence-corrected chi connectivity index (χ1v) is 19.0. The van der Waals surface area contributed by atoms with E-state index >= 15 is 0 Å². The molecule has 3 aliphatic rings. The fourth-order valence-corrected chi connectivity index (χ4v) is 5.07. The molecule has 54 heavy (non-hydrogen) atoms. The summed E-state index contributed by atoms with van der Waals surface area (Å²) in [5.41, 5.74) is -0.966. The molecule has 3 fully saturated rings. The standard InChI is InChI=1S/C14H27N3O3.C9H19N3O.C8H15NO3.C6H12N2O/c1-12(18)17-10-8-16(9-11-17)7-6-15(5)13(19)20-14(2,3)4;1-9(13)12-7-5-11(6-8-12)4-3-10-2;1-8(2,3)12-7(11)9(4)5-6-10;1-6(9)8-4-2-7-3-5-8/h6-11H2,1-5H3;10H,3-8H2,1-2H3;6H,5H2,1-4H3;7H,2-5H2,1H3. The third-order valence-electron chi connectivity index (χ3n) is 8.39. The number of carbonyl (C=O) groups is 6. The molecule has 0 aromatic carbocycles. The average molecular weight is 772 g/mol. The van der Waals surface area contributed by atoms with Gasteiger partial charge in [-0.05, 0) is 48.6 Å². The molecule has 0 spiro atoms. The van der Waals surface area contributed by atoms with E-state index in [2.05, 4.69) is 20.4 Å². The maximum Gasteiger partial charge on any atom is 0.410 e. The van der Waals surface area contributed by atoms with Crippen LogP contribution < -0.4 is 10.6 Å². The van der Waals surface area contributed by atoms with Gasteiger partial charge in [0.2, 0.25) is 17.7 Å². The molecule has 0 aromatic rings. The van der Waals surface area contributed by atoms with Gasteiger partial charge in [0.1, 0.15) is 17.5 Å². The van der Waals surface area contributed by atoms with Crippen LogP contribution in [-0.2, 0) is 28.7 Å². The fourth-order valence-electron chi connectivity index (χ4n) is 5.07. The van der Waals surface area contributed by atoms with Crippen molar-refractivity contribution in [2.45, 2.75) is 73.5 Å². The van der Waals surface area contributed by atoms with Crippen molar-refractivity contribution >= 4 is 36.2 Å². The number of rotatable bonds is 8. The van der Waals surface area contributed by atoms with Crippen LogP contribution in [0.3, 0.4) is 0 Å². The van der Waals surface area contributed by atoms with Gasteiger partial charge in [0, 0.05) is 140 Å². The highest BCUT2D eigenvalue weighted by molar-refractivity contribution is 5.74. The molecule has 3 aliphatic heterocycles. The minimum atomic E-state index is -0.506. The summed E-state index contributed by atoms with van der Waals surface area (Å²) in [6.45, 7) is 30.1. The van der Waals surface area contributed by atoms with Gasteiger partial charge < -0.3 is 49.4 Å². The van der Waals surface area contributed by atoms with Gasteiger partial charge in [-0.2, -0.15) is 0 Å². The minimum absolute atomic E-state index is 0.0644. The number of ether oxygens (including phenoxy) is 2. The Kier molecular flexibility index (Phi) is 24.6. The van der Waals surface area contributed by atoms with Crippen LogP contribution in [0.5, 0.6) is 0 Å². The van der Waals surface area contributed by atoms with E-state index in [9.17, 15) is 28.8 Å². The summed E-state index contributed by atoms with van der Waals surface area (Å²) in [5.74, 6) is 0.528. The monoisotopic (exact) mass is 772 g/mol. The van der Waals surface area contributed by atoms with Crippen molar-refractivity contribution in [1.29, 1.82) is 0 Å². The number of nitrogens with zero attached hydrogens (tertiary/aromatic N) is 7. The molecule has 17 nitrogen and oxygen atoms in total. The quantitative estimate of drug-likeness (QED) is 0.335. The van der Waals surface area contributed by atoms with Crippen molar-refractivity contribution in [2.24, 2.45) is 0 Å². The lowest BCUT2D eigenvalue weighted by Gasteiger charge is -2.35. The largest absolute Gasteiger partial charge is 0.444 e. The molecular formula is C37H73N9O8. The average Bonchev–Trinajstić information content (AvgIpc) is 3.10. The van der Waals surface area contributed by atoms with E-state index in [4.69, 9.17) is 9.47 Å². The summed E-state index contributed by atoms with van der Waals surface area (Å²) in [4.78, 5) is 79.0. The Labute approximate surface area is 324 Å². The maximum atomic E-state index is 11.8. The third-order valence-corrected chi connectivity index (χ3v) is 8.39. The van der Waals surface area contributed by atoms with Crippen LogP contribution in [0.1, 0.15) is 62.3 Å². The van der Waals surface area contributed by atoms with E-state index < -0.39 is 17.3 Å². The molecule has 17 heteroatoms. The third kappa shape index (κ3) is 24.7. The summed E-state index contributed by atoms with van der Waals surface area (Å²) in [6.07, 6.45) is -0.112. The van der Waals surface area contributed by atoms with Crippen LogP contribution in [0.4, 0.5) is 9.59 Å². The number of carbonyl (C=O) groups excluding carboxylic acids is 6. The van der Waals surface area contributed by atoms with E-state index in [1.165, 1.54) is 11.9 Å². The summed E-state index contributed by atoms with van der Waals surface area (Å²) in [6, 6.07) is 0. The molecule has 0 saturated carbocycles. The van der Waals surface area contributed by atoms with E-state index in [1.54, 1.807) is 53.5 Å². The van der Waals surface area contributed by atoms with Gasteiger partial charge in [-0.1, -0.05) is 0 Å². The van der Waals surface area contributed by atoms with E-state index in [1.807, 2.05) is 42.5 Å². The van der Waals surface area contributed by atoms with Crippen LogP contribution in [0.25, 0.3) is 0 Å². The molecule has 0 radical (unpaired) electrons. The lowest BCUT2D eigenvalue weighted by molar-refractivity contribution is -0.131. The first-order chi connectivity index (χ1) is 25.1. The zero-order chi connectivity index (χ0) is 41.5. The predicted octanol–water partition coefficient (Wildman–Crippen LogP) is 0.878. The van der Waals surface area contributed by atoms with Crippen LogP contribution in [0.15, 0.2) is 0 Å². The number of amides is 5. The van der Waals surface area contributed by atoms with Crippen molar-refractivity contribution < 1.29 is 38.2 Å². The van der Waals surface area contributed by atoms with E-state index in [0.717, 1.165) is 98.2 Å². The number of piperazine rings is 3. The second-order valence-corrected chi connectivity index (χ2v) is 15.5. The predicted molar refractivity (Wildman–Crippen MR) is 210 cm³/mol. The SMILES string of the molecule is CC(=O)N1CCN(CCN(C)C(=O)OC(C)(C)C)CC1.CC(=O)N1CCNCC1.CN(CC=O)C(=O)OC(C)(C)C.CNCCN1CCN(C(C)=O)CC1. The molecule has 314 valence electrons. The van der Waals surface area contributed by atoms with Crippen molar-refractivity contribution in [2.75, 3.05) is 132 Å². The molecule has 3 heterocycles. The zero-order valence-electron chi connectivity index (χ0n) is 35.5. The Morgan fingerprint density at radius 2 is 1.00 bits per heavy atom. The van der Waals surface area contributed by atoms with Gasteiger partial charge >= 0.3 is 12.2 Å². The lowest BCUT2D eigenvalue weighted by atomic mass is 10.2. The Balaban J connectivity index is 0.000000725. The highest BCUT2D eigenvalue weighted by Gasteiger charge is 2.23. The van der Waals surface area contributed by atoms with Gasteiger partial charge in [-0.25, -0.2) is 9.59 Å². The summed E-state index contributed by atoms with van der Waals surface area (Å²) >= 11 is 0. The summed E-state index contributed by atoms with van der Waals surface area (Å²) in [5, 5.41) is 6.30. The van der Waals surface area contributed by atoms with Crippen LogP contribution in [0.2, 0.25) is 0 Å². The number of nitrogens with one attached hydrogen (secondary N) is 2. The number of hydrogen-bond acceptors (Lipinski definition) is 12. The molecule has 5 amide bonds. The summed E-state index contributed by atoms with van der Waals surface area (Å²) < 4.78 is 10.3. The molecule has 0 unspecified atom stereocenters. The first kappa shape index (κ1) is 50.5. The van der Waals surface area contributed by atoms with Gasteiger partial charge in [0.15, 0.2) is 0 Å². The highest BCUT2D eigenvalue weighted by atomic mass is 16.6.